The van der Waals surface area contributed by atoms with Crippen molar-refractivity contribution >= 4 is 11.9 Å². The van der Waals surface area contributed by atoms with Gasteiger partial charge >= 0.3 is 24.3 Å². The third-order valence-electron chi connectivity index (χ3n) is 4.91. The van der Waals surface area contributed by atoms with Crippen molar-refractivity contribution in [2.45, 2.75) is 58.4 Å². The molecule has 0 saturated carbocycles. The molecule has 204 valence electrons. The van der Waals surface area contributed by atoms with Gasteiger partial charge in [0, 0.05) is 25.8 Å². The number of carboxylic acid groups (broad SMARTS) is 2. The lowest BCUT2D eigenvalue weighted by Gasteiger charge is -2.31. The van der Waals surface area contributed by atoms with Crippen LogP contribution in [0.3, 0.4) is 0 Å². The van der Waals surface area contributed by atoms with Gasteiger partial charge in [0.25, 0.3) is 0 Å². The highest BCUT2D eigenvalue weighted by Gasteiger charge is 2.38. The molecule has 1 aliphatic rings. The Hall–Kier alpha value is -3.21. The highest BCUT2D eigenvalue weighted by Crippen LogP contribution is 2.20. The summed E-state index contributed by atoms with van der Waals surface area (Å²) in [5.74, 6) is -4.87. The van der Waals surface area contributed by atoms with Gasteiger partial charge in [-0.25, -0.2) is 14.6 Å². The van der Waals surface area contributed by atoms with Crippen molar-refractivity contribution in [3.8, 4) is 0 Å². The monoisotopic (exact) mass is 532 g/mol. The molecule has 0 aromatic carbocycles. The molecule has 11 nitrogen and oxygen atoms in total. The molecule has 0 bridgehead atoms. The Morgan fingerprint density at radius 2 is 1.58 bits per heavy atom. The van der Waals surface area contributed by atoms with Gasteiger partial charge < -0.3 is 19.9 Å². The first-order valence-electron chi connectivity index (χ1n) is 10.5. The maximum Gasteiger partial charge on any atom is 0.490 e. The summed E-state index contributed by atoms with van der Waals surface area (Å²) in [5, 5.41) is 31.3. The maximum atomic E-state index is 10.6. The first-order valence-corrected chi connectivity index (χ1v) is 10.5. The number of aryl methyl sites for hydroxylation is 1. The molecule has 17 heteroatoms. The molecule has 3 N–H and O–H groups in total. The predicted octanol–water partition coefficient (Wildman–Crippen LogP) is 2.17. The van der Waals surface area contributed by atoms with Crippen LogP contribution in [0, 0.1) is 5.92 Å². The molecule has 0 unspecified atom stereocenters. The van der Waals surface area contributed by atoms with Gasteiger partial charge in [-0.2, -0.15) is 26.3 Å². The molecular weight excluding hydrogens is 506 g/mol. The Bertz CT molecular complexity index is 929. The van der Waals surface area contributed by atoms with Crippen LogP contribution in [0.4, 0.5) is 26.3 Å². The number of halogens is 6. The van der Waals surface area contributed by atoms with E-state index in [1.54, 1.807) is 0 Å². The maximum absolute atomic E-state index is 10.6. The standard InChI is InChI=1S/C15H24N6O.2C2HF3O2/c1-2-20-12-16-7-15(20)10-19-5-3-13(4-6-19)8-21-9-14(11-22)17-18-21;2*3-2(4,5)1(6)7/h7,9,12-13,22H,2-6,8,10-11H2,1H3;2*(H,6,7). The van der Waals surface area contributed by atoms with E-state index in [2.05, 4.69) is 31.7 Å². The van der Waals surface area contributed by atoms with E-state index in [9.17, 15) is 26.3 Å². The first kappa shape index (κ1) is 30.8. The summed E-state index contributed by atoms with van der Waals surface area (Å²) >= 11 is 0. The van der Waals surface area contributed by atoms with Gasteiger partial charge in [-0.15, -0.1) is 5.10 Å². The van der Waals surface area contributed by atoms with Crippen molar-refractivity contribution in [2.75, 3.05) is 13.1 Å². The van der Waals surface area contributed by atoms with E-state index in [0.29, 0.717) is 11.6 Å². The molecule has 0 spiro atoms. The second-order valence-electron chi connectivity index (χ2n) is 7.59. The normalized spacial score (nSPS) is 14.9. The van der Waals surface area contributed by atoms with Gasteiger partial charge in [0.1, 0.15) is 5.69 Å². The Labute approximate surface area is 200 Å². The lowest BCUT2D eigenvalue weighted by molar-refractivity contribution is -0.193. The molecule has 2 aromatic heterocycles. The lowest BCUT2D eigenvalue weighted by Crippen LogP contribution is -2.35. The smallest absolute Gasteiger partial charge is 0.475 e. The molecule has 36 heavy (non-hydrogen) atoms. The van der Waals surface area contributed by atoms with Crippen LogP contribution in [0.5, 0.6) is 0 Å². The van der Waals surface area contributed by atoms with Crippen LogP contribution in [0.1, 0.15) is 31.2 Å². The van der Waals surface area contributed by atoms with Crippen LogP contribution in [-0.2, 0) is 35.8 Å². The quantitative estimate of drug-likeness (QED) is 0.477. The Morgan fingerprint density at radius 3 is 2.00 bits per heavy atom. The van der Waals surface area contributed by atoms with E-state index in [1.807, 2.05) is 23.4 Å². The molecule has 1 saturated heterocycles. The average Bonchev–Trinajstić information content (AvgIpc) is 3.43. The summed E-state index contributed by atoms with van der Waals surface area (Å²) in [6.07, 6.45) is -2.09. The number of aliphatic hydroxyl groups excluding tert-OH is 1. The minimum atomic E-state index is -5.08. The lowest BCUT2D eigenvalue weighted by atomic mass is 9.97. The summed E-state index contributed by atoms with van der Waals surface area (Å²) in [5.41, 5.74) is 1.94. The molecule has 0 aliphatic carbocycles. The zero-order valence-electron chi connectivity index (χ0n) is 19.1. The fraction of sp³-hybridized carbons (Fsp3) is 0.632. The third kappa shape index (κ3) is 11.0. The van der Waals surface area contributed by atoms with E-state index < -0.39 is 24.3 Å². The molecule has 1 aliphatic heterocycles. The minimum absolute atomic E-state index is 0.0381. The van der Waals surface area contributed by atoms with E-state index in [0.717, 1.165) is 32.7 Å². The number of carboxylic acids is 2. The number of carbonyl (C=O) groups is 2. The number of aromatic nitrogens is 5. The minimum Gasteiger partial charge on any atom is -0.475 e. The average molecular weight is 532 g/mol. The van der Waals surface area contributed by atoms with Gasteiger partial charge in [-0.05, 0) is 38.8 Å². The Kier molecular flexibility index (Phi) is 11.8. The number of piperidine rings is 1. The van der Waals surface area contributed by atoms with Gasteiger partial charge in [0.05, 0.1) is 24.8 Å². The molecule has 0 radical (unpaired) electrons. The Morgan fingerprint density at radius 1 is 1.06 bits per heavy atom. The number of rotatable bonds is 6. The van der Waals surface area contributed by atoms with E-state index in [1.165, 1.54) is 18.5 Å². The number of hydrogen-bond donors (Lipinski definition) is 3. The predicted molar refractivity (Wildman–Crippen MR) is 109 cm³/mol. The second-order valence-corrected chi connectivity index (χ2v) is 7.59. The molecule has 0 amide bonds. The number of aliphatic carboxylic acids is 2. The van der Waals surface area contributed by atoms with Crippen LogP contribution in [0.25, 0.3) is 0 Å². The van der Waals surface area contributed by atoms with Crippen molar-refractivity contribution in [1.29, 1.82) is 0 Å². The second kappa shape index (κ2) is 13.8. The van der Waals surface area contributed by atoms with E-state index in [4.69, 9.17) is 24.9 Å². The summed E-state index contributed by atoms with van der Waals surface area (Å²) in [4.78, 5) is 24.5. The van der Waals surface area contributed by atoms with Crippen molar-refractivity contribution in [3.05, 3.63) is 30.1 Å². The molecule has 3 rings (SSSR count). The Balaban J connectivity index is 0.000000383. The molecule has 1 fully saturated rings. The third-order valence-corrected chi connectivity index (χ3v) is 4.91. The van der Waals surface area contributed by atoms with Crippen molar-refractivity contribution < 1.29 is 51.3 Å². The largest absolute Gasteiger partial charge is 0.490 e. The number of likely N-dealkylation sites (tertiary alicyclic amines) is 1. The number of nitrogens with zero attached hydrogens (tertiary/aromatic N) is 6. The van der Waals surface area contributed by atoms with Gasteiger partial charge in [0.15, 0.2) is 0 Å². The van der Waals surface area contributed by atoms with Crippen LogP contribution >= 0.6 is 0 Å². The van der Waals surface area contributed by atoms with Crippen molar-refractivity contribution in [1.82, 2.24) is 29.4 Å². The number of aliphatic hydroxyl groups is 1. The molecule has 3 heterocycles. The van der Waals surface area contributed by atoms with Crippen LogP contribution in [-0.4, -0.2) is 82.1 Å². The number of alkyl halides is 6. The summed E-state index contributed by atoms with van der Waals surface area (Å²) in [6, 6.07) is 0. The summed E-state index contributed by atoms with van der Waals surface area (Å²) < 4.78 is 67.5. The fourth-order valence-corrected chi connectivity index (χ4v) is 3.09. The van der Waals surface area contributed by atoms with E-state index in [-0.39, 0.29) is 6.61 Å². The van der Waals surface area contributed by atoms with Gasteiger partial charge in [-0.1, -0.05) is 5.21 Å². The first-order chi connectivity index (χ1) is 16.7. The number of imidazole rings is 1. The highest BCUT2D eigenvalue weighted by molar-refractivity contribution is 5.73. The highest BCUT2D eigenvalue weighted by atomic mass is 19.4. The van der Waals surface area contributed by atoms with Crippen LogP contribution in [0.15, 0.2) is 18.7 Å². The van der Waals surface area contributed by atoms with Gasteiger partial charge in [-0.3, -0.25) is 9.58 Å². The van der Waals surface area contributed by atoms with Crippen molar-refractivity contribution in [3.63, 3.8) is 0 Å². The SMILES string of the molecule is CCn1cncc1CN1CCC(Cn2cc(CO)nn2)CC1.O=C(O)C(F)(F)F.O=C(O)C(F)(F)F. The summed E-state index contributed by atoms with van der Waals surface area (Å²) in [6.45, 7) is 7.19. The molecule has 0 atom stereocenters. The van der Waals surface area contributed by atoms with E-state index >= 15 is 0 Å². The zero-order chi connectivity index (χ0) is 27.5. The van der Waals surface area contributed by atoms with Crippen LogP contribution in [0.2, 0.25) is 0 Å². The topological polar surface area (TPSA) is 147 Å². The fourth-order valence-electron chi connectivity index (χ4n) is 3.09. The van der Waals surface area contributed by atoms with Crippen molar-refractivity contribution in [2.24, 2.45) is 5.92 Å². The number of hydrogen-bond acceptors (Lipinski definition) is 7. The molecular formula is C19H26F6N6O5. The summed E-state index contributed by atoms with van der Waals surface area (Å²) in [7, 11) is 0. The van der Waals surface area contributed by atoms with Crippen LogP contribution < -0.4 is 0 Å². The molecule has 2 aromatic rings. The van der Waals surface area contributed by atoms with Gasteiger partial charge in [0.2, 0.25) is 0 Å². The zero-order valence-corrected chi connectivity index (χ0v) is 19.1.